The molecule has 0 radical (unpaired) electrons. The molecule has 4 aromatic rings. The van der Waals surface area contributed by atoms with Crippen LogP contribution in [0.5, 0.6) is 0 Å². The van der Waals surface area contributed by atoms with Crippen molar-refractivity contribution in [3.63, 3.8) is 0 Å². The monoisotopic (exact) mass is 647 g/mol. The van der Waals surface area contributed by atoms with E-state index in [1.807, 2.05) is 0 Å². The van der Waals surface area contributed by atoms with Crippen LogP contribution < -0.4 is 10.2 Å². The first-order valence-corrected chi connectivity index (χ1v) is 16.5. The van der Waals surface area contributed by atoms with Crippen LogP contribution >= 0.6 is 11.3 Å². The number of aromatic nitrogens is 3. The van der Waals surface area contributed by atoms with Crippen molar-refractivity contribution in [2.75, 3.05) is 29.9 Å². The highest BCUT2D eigenvalue weighted by atomic mass is 32.1. The van der Waals surface area contributed by atoms with Crippen molar-refractivity contribution in [1.82, 2.24) is 19.9 Å². The fourth-order valence-electron chi connectivity index (χ4n) is 7.08. The van der Waals surface area contributed by atoms with Crippen molar-refractivity contribution in [3.05, 3.63) is 40.7 Å². The minimum Gasteiger partial charge on any atom is -0.444 e. The van der Waals surface area contributed by atoms with Gasteiger partial charge >= 0.3 is 6.09 Å². The van der Waals surface area contributed by atoms with Gasteiger partial charge in [-0.2, -0.15) is 5.26 Å². The molecule has 1 amide bonds. The van der Waals surface area contributed by atoms with Crippen LogP contribution in [0.15, 0.2) is 12.4 Å². The van der Waals surface area contributed by atoms with Crippen LogP contribution in [0.25, 0.3) is 32.2 Å². The van der Waals surface area contributed by atoms with Crippen molar-refractivity contribution < 1.29 is 23.0 Å². The van der Waals surface area contributed by atoms with Gasteiger partial charge in [-0.05, 0) is 71.2 Å². The molecule has 3 aliphatic heterocycles. The van der Waals surface area contributed by atoms with E-state index in [4.69, 9.17) is 19.4 Å². The van der Waals surface area contributed by atoms with E-state index >= 15 is 8.78 Å². The van der Waals surface area contributed by atoms with Gasteiger partial charge in [-0.15, -0.1) is 11.3 Å². The van der Waals surface area contributed by atoms with E-state index < -0.39 is 23.3 Å². The van der Waals surface area contributed by atoms with E-state index in [2.05, 4.69) is 33.1 Å². The number of hydrogen-bond donors (Lipinski definition) is 1. The first-order chi connectivity index (χ1) is 22.1. The Kier molecular flexibility index (Phi) is 7.77. The smallest absolute Gasteiger partial charge is 0.412 e. The Morgan fingerprint density at radius 3 is 2.63 bits per heavy atom. The summed E-state index contributed by atoms with van der Waals surface area (Å²) < 4.78 is 43.4. The highest BCUT2D eigenvalue weighted by molar-refractivity contribution is 7.23. The van der Waals surface area contributed by atoms with Gasteiger partial charge in [0.05, 0.1) is 35.4 Å². The molecule has 3 aromatic heterocycles. The number of anilines is 2. The quantitative estimate of drug-likeness (QED) is 0.253. The number of rotatable bonds is 4. The zero-order valence-corrected chi connectivity index (χ0v) is 27.1. The van der Waals surface area contributed by atoms with Gasteiger partial charge in [0.15, 0.2) is 11.6 Å². The lowest BCUT2D eigenvalue weighted by Crippen LogP contribution is -2.46. The fourth-order valence-corrected chi connectivity index (χ4v) is 8.12. The van der Waals surface area contributed by atoms with E-state index in [1.165, 1.54) is 19.3 Å². The minimum atomic E-state index is -0.792. The molecule has 2 saturated heterocycles. The number of pyridine rings is 1. The Labute approximate surface area is 269 Å². The summed E-state index contributed by atoms with van der Waals surface area (Å²) in [4.78, 5) is 31.1. The lowest BCUT2D eigenvalue weighted by atomic mass is 9.94. The Morgan fingerprint density at radius 2 is 1.89 bits per heavy atom. The standard InChI is InChI=1S/C33H35F2N7O3S/c1-17-23(41-9-6-5-7-10-41)8-11-42(17)31-38-13-19-20-15-44-16-21(20)24(26(35)27(19)39-31)28-25-18(12-36)30(40-32(43)45-33(2,3)4)46-29(25)22(34)14-37-28/h13-14,17,23H,5-11,15-16H2,1-4H3,(H,40,43)/t17-,23-/m0/s1. The van der Waals surface area contributed by atoms with E-state index in [9.17, 15) is 10.1 Å². The summed E-state index contributed by atoms with van der Waals surface area (Å²) in [5, 5.41) is 13.5. The van der Waals surface area contributed by atoms with E-state index in [-0.39, 0.29) is 56.7 Å². The number of halogens is 2. The Bertz CT molecular complexity index is 1910. The molecule has 0 bridgehead atoms. The van der Waals surface area contributed by atoms with E-state index in [0.29, 0.717) is 22.9 Å². The Hall–Kier alpha value is -3.99. The summed E-state index contributed by atoms with van der Waals surface area (Å²) in [6, 6.07) is 2.62. The van der Waals surface area contributed by atoms with Crippen molar-refractivity contribution >= 4 is 49.4 Å². The van der Waals surface area contributed by atoms with Gasteiger partial charge in [-0.25, -0.2) is 23.5 Å². The number of nitriles is 1. The molecule has 0 unspecified atom stereocenters. The summed E-state index contributed by atoms with van der Waals surface area (Å²) in [7, 11) is 0. The Morgan fingerprint density at radius 1 is 1.13 bits per heavy atom. The minimum absolute atomic E-state index is 0.0296. The SMILES string of the molecule is C[C@H]1[C@@H](N2CCCCC2)CCN1c1ncc2c3c(c(-c4ncc(F)c5sc(NC(=O)OC(C)(C)C)c(C#N)c45)c(F)c2n1)COC3. The zero-order chi connectivity index (χ0) is 32.3. The second kappa shape index (κ2) is 11.7. The average Bonchev–Trinajstić information content (AvgIpc) is 3.75. The molecule has 1 aromatic carbocycles. The number of thiophene rings is 1. The maximum atomic E-state index is 16.9. The normalized spacial score (nSPS) is 20.3. The number of likely N-dealkylation sites (tertiary alicyclic amines) is 1. The maximum Gasteiger partial charge on any atom is 0.412 e. The van der Waals surface area contributed by atoms with Gasteiger partial charge in [0.1, 0.15) is 22.2 Å². The first-order valence-electron chi connectivity index (χ1n) is 15.7. The van der Waals surface area contributed by atoms with Crippen LogP contribution in [0.4, 0.5) is 24.5 Å². The molecule has 0 saturated carbocycles. The van der Waals surface area contributed by atoms with Gasteiger partial charge in [0.2, 0.25) is 5.95 Å². The second-order valence-electron chi connectivity index (χ2n) is 13.2. The topological polar surface area (TPSA) is 116 Å². The van der Waals surface area contributed by atoms with Gasteiger partial charge in [0.25, 0.3) is 0 Å². The van der Waals surface area contributed by atoms with Crippen molar-refractivity contribution in [2.45, 2.75) is 84.3 Å². The highest BCUT2D eigenvalue weighted by Crippen LogP contribution is 2.46. The molecule has 2 fully saturated rings. The second-order valence-corrected chi connectivity index (χ2v) is 14.2. The number of amides is 1. The van der Waals surface area contributed by atoms with Gasteiger partial charge in [-0.1, -0.05) is 6.42 Å². The molecule has 3 aliphatic rings. The molecular formula is C33H35F2N7O3S. The number of benzene rings is 1. The third-order valence-corrected chi connectivity index (χ3v) is 10.3. The molecule has 10 nitrogen and oxygen atoms in total. The number of piperidine rings is 1. The molecule has 1 N–H and O–H groups in total. The maximum absolute atomic E-state index is 16.9. The van der Waals surface area contributed by atoms with Gasteiger partial charge in [-0.3, -0.25) is 15.2 Å². The average molecular weight is 648 g/mol. The van der Waals surface area contributed by atoms with Crippen molar-refractivity contribution in [1.29, 1.82) is 5.26 Å². The lowest BCUT2D eigenvalue weighted by molar-refractivity contribution is 0.0636. The molecule has 13 heteroatoms. The summed E-state index contributed by atoms with van der Waals surface area (Å²) in [6.45, 7) is 10.6. The van der Waals surface area contributed by atoms with Gasteiger partial charge < -0.3 is 14.4 Å². The summed E-state index contributed by atoms with van der Waals surface area (Å²) in [5.74, 6) is -0.875. The van der Waals surface area contributed by atoms with Crippen LogP contribution in [-0.4, -0.2) is 63.3 Å². The van der Waals surface area contributed by atoms with Crippen LogP contribution in [-0.2, 0) is 22.7 Å². The predicted molar refractivity (Wildman–Crippen MR) is 172 cm³/mol. The molecular weight excluding hydrogens is 612 g/mol. The third kappa shape index (κ3) is 5.22. The number of hydrogen-bond acceptors (Lipinski definition) is 10. The van der Waals surface area contributed by atoms with Crippen molar-refractivity contribution in [3.8, 4) is 17.3 Å². The number of carbonyl (C=O) groups excluding carboxylic acids is 1. The lowest BCUT2D eigenvalue weighted by Gasteiger charge is -2.35. The number of nitrogens with one attached hydrogen (secondary N) is 1. The number of fused-ring (bicyclic) bond motifs is 4. The van der Waals surface area contributed by atoms with Gasteiger partial charge in [0, 0.05) is 41.2 Å². The predicted octanol–water partition coefficient (Wildman–Crippen LogP) is 6.89. The first kappa shape index (κ1) is 30.7. The molecule has 6 heterocycles. The molecule has 240 valence electrons. The largest absolute Gasteiger partial charge is 0.444 e. The van der Waals surface area contributed by atoms with Crippen LogP contribution in [0, 0.1) is 23.0 Å². The van der Waals surface area contributed by atoms with Crippen LogP contribution in [0.3, 0.4) is 0 Å². The summed E-state index contributed by atoms with van der Waals surface area (Å²) >= 11 is 0.873. The molecule has 46 heavy (non-hydrogen) atoms. The third-order valence-electron chi connectivity index (χ3n) is 9.15. The fraction of sp³-hybridized carbons (Fsp3) is 0.485. The molecule has 7 rings (SSSR count). The summed E-state index contributed by atoms with van der Waals surface area (Å²) in [5.41, 5.74) is 0.784. The highest BCUT2D eigenvalue weighted by Gasteiger charge is 2.37. The number of nitrogens with zero attached hydrogens (tertiary/aromatic N) is 6. The molecule has 0 aliphatic carbocycles. The van der Waals surface area contributed by atoms with E-state index in [0.717, 1.165) is 49.2 Å². The van der Waals surface area contributed by atoms with Crippen LogP contribution in [0.1, 0.15) is 70.1 Å². The number of carbonyl (C=O) groups is 1. The molecule has 0 spiro atoms. The van der Waals surface area contributed by atoms with Crippen molar-refractivity contribution in [2.24, 2.45) is 0 Å². The number of ether oxygens (including phenoxy) is 2. The van der Waals surface area contributed by atoms with Crippen LogP contribution in [0.2, 0.25) is 0 Å². The summed E-state index contributed by atoms with van der Waals surface area (Å²) in [6.07, 6.45) is 6.55. The zero-order valence-electron chi connectivity index (χ0n) is 26.2. The van der Waals surface area contributed by atoms with E-state index in [1.54, 1.807) is 27.0 Å². The molecule has 2 atom stereocenters. The Balaban J connectivity index is 1.35.